The van der Waals surface area contributed by atoms with Gasteiger partial charge in [0.15, 0.2) is 0 Å². The van der Waals surface area contributed by atoms with E-state index in [1.54, 1.807) is 13.0 Å². The van der Waals surface area contributed by atoms with Gasteiger partial charge in [-0.3, -0.25) is 4.79 Å². The molecular formula is C11H15ClN2O2. The van der Waals surface area contributed by atoms with E-state index in [2.05, 4.69) is 5.16 Å². The number of carbonyl (C=O) groups excluding carboxylic acids is 1. The molecule has 1 fully saturated rings. The van der Waals surface area contributed by atoms with Crippen molar-refractivity contribution >= 4 is 17.5 Å². The van der Waals surface area contributed by atoms with Gasteiger partial charge < -0.3 is 9.42 Å². The third-order valence-corrected chi connectivity index (χ3v) is 3.40. The molecule has 1 aliphatic heterocycles. The Hall–Kier alpha value is -1.03. The van der Waals surface area contributed by atoms with Crippen molar-refractivity contribution in [1.29, 1.82) is 0 Å². The van der Waals surface area contributed by atoms with Gasteiger partial charge in [-0.2, -0.15) is 0 Å². The molecule has 0 radical (unpaired) electrons. The maximum atomic E-state index is 12.0. The van der Waals surface area contributed by atoms with Crippen LogP contribution in [0.25, 0.3) is 0 Å². The van der Waals surface area contributed by atoms with Crippen molar-refractivity contribution in [1.82, 2.24) is 10.1 Å². The van der Waals surface area contributed by atoms with E-state index in [0.717, 1.165) is 31.6 Å². The Kier molecular flexibility index (Phi) is 3.49. The fourth-order valence-electron chi connectivity index (χ4n) is 1.91. The number of amides is 1. The first kappa shape index (κ1) is 11.5. The summed E-state index contributed by atoms with van der Waals surface area (Å²) in [6, 6.07) is 1.68. The Morgan fingerprint density at radius 2 is 2.31 bits per heavy atom. The molecule has 1 amide bonds. The predicted molar refractivity (Wildman–Crippen MR) is 60.6 cm³/mol. The van der Waals surface area contributed by atoms with Crippen LogP contribution in [-0.2, 0) is 0 Å². The largest absolute Gasteiger partial charge is 0.351 e. The van der Waals surface area contributed by atoms with E-state index < -0.39 is 0 Å². The van der Waals surface area contributed by atoms with Crippen LogP contribution in [0.4, 0.5) is 0 Å². The molecule has 0 aliphatic carbocycles. The molecule has 1 saturated heterocycles. The van der Waals surface area contributed by atoms with E-state index in [1.165, 1.54) is 0 Å². The van der Waals surface area contributed by atoms with Gasteiger partial charge >= 0.3 is 0 Å². The molecule has 2 rings (SSSR count). The maximum Gasteiger partial charge on any atom is 0.292 e. The van der Waals surface area contributed by atoms with E-state index in [-0.39, 0.29) is 5.91 Å². The van der Waals surface area contributed by atoms with Crippen molar-refractivity contribution in [2.75, 3.05) is 19.0 Å². The number of halogens is 1. The molecule has 2 heterocycles. The Balaban J connectivity index is 1.96. The molecule has 16 heavy (non-hydrogen) atoms. The molecule has 1 aromatic rings. The van der Waals surface area contributed by atoms with Gasteiger partial charge in [0.05, 0.1) is 5.69 Å². The molecule has 4 nitrogen and oxygen atoms in total. The fraction of sp³-hybridized carbons (Fsp3) is 0.636. The number of hydrogen-bond acceptors (Lipinski definition) is 3. The Morgan fingerprint density at radius 1 is 1.62 bits per heavy atom. The normalized spacial score (nSPS) is 17.8. The van der Waals surface area contributed by atoms with Crippen LogP contribution in [0.3, 0.4) is 0 Å². The summed E-state index contributed by atoms with van der Waals surface area (Å²) >= 11 is 5.80. The fourth-order valence-corrected chi connectivity index (χ4v) is 2.22. The first-order chi connectivity index (χ1) is 7.70. The highest BCUT2D eigenvalue weighted by Gasteiger charge is 2.25. The topological polar surface area (TPSA) is 46.3 Å². The van der Waals surface area contributed by atoms with E-state index >= 15 is 0 Å². The molecule has 0 bridgehead atoms. The molecule has 0 atom stereocenters. The summed E-state index contributed by atoms with van der Waals surface area (Å²) < 4.78 is 4.97. The first-order valence-corrected chi connectivity index (χ1v) is 6.02. The van der Waals surface area contributed by atoms with Crippen molar-refractivity contribution in [2.45, 2.75) is 19.8 Å². The Labute approximate surface area is 99.5 Å². The van der Waals surface area contributed by atoms with E-state index in [1.807, 2.05) is 4.90 Å². The molecule has 0 spiro atoms. The molecule has 0 N–H and O–H groups in total. The van der Waals surface area contributed by atoms with Crippen molar-refractivity contribution in [3.05, 3.63) is 17.5 Å². The minimum atomic E-state index is -0.0615. The van der Waals surface area contributed by atoms with Crippen molar-refractivity contribution < 1.29 is 9.32 Å². The molecular weight excluding hydrogens is 228 g/mol. The molecule has 1 aliphatic rings. The number of piperidine rings is 1. The number of rotatable bonds is 2. The van der Waals surface area contributed by atoms with Gasteiger partial charge in [-0.1, -0.05) is 5.16 Å². The summed E-state index contributed by atoms with van der Waals surface area (Å²) in [6.07, 6.45) is 1.95. The number of alkyl halides is 1. The molecule has 0 unspecified atom stereocenters. The molecule has 0 saturated carbocycles. The van der Waals surface area contributed by atoms with Gasteiger partial charge in [0.2, 0.25) is 5.76 Å². The number of carbonyl (C=O) groups is 1. The number of nitrogens with zero attached hydrogens (tertiary/aromatic N) is 2. The average molecular weight is 243 g/mol. The van der Waals surface area contributed by atoms with Gasteiger partial charge in [0, 0.05) is 25.0 Å². The van der Waals surface area contributed by atoms with Crippen LogP contribution in [0.1, 0.15) is 29.1 Å². The number of hydrogen-bond donors (Lipinski definition) is 0. The van der Waals surface area contributed by atoms with Crippen LogP contribution >= 0.6 is 11.6 Å². The lowest BCUT2D eigenvalue weighted by molar-refractivity contribution is 0.0656. The Bertz CT molecular complexity index is 370. The van der Waals surface area contributed by atoms with Crippen LogP contribution in [0, 0.1) is 12.8 Å². The van der Waals surface area contributed by atoms with Crippen LogP contribution in [0.2, 0.25) is 0 Å². The zero-order chi connectivity index (χ0) is 11.5. The van der Waals surface area contributed by atoms with E-state index in [0.29, 0.717) is 17.6 Å². The highest BCUT2D eigenvalue weighted by molar-refractivity contribution is 6.18. The van der Waals surface area contributed by atoms with Crippen LogP contribution in [-0.4, -0.2) is 34.9 Å². The van der Waals surface area contributed by atoms with Gasteiger partial charge in [-0.25, -0.2) is 0 Å². The van der Waals surface area contributed by atoms with Gasteiger partial charge in [-0.05, 0) is 25.7 Å². The number of aromatic nitrogens is 1. The van der Waals surface area contributed by atoms with Crippen LogP contribution in [0.15, 0.2) is 10.6 Å². The van der Waals surface area contributed by atoms with Gasteiger partial charge in [0.1, 0.15) is 0 Å². The van der Waals surface area contributed by atoms with Crippen LogP contribution in [0.5, 0.6) is 0 Å². The number of aryl methyl sites for hydroxylation is 1. The van der Waals surface area contributed by atoms with Crippen LogP contribution < -0.4 is 0 Å². The SMILES string of the molecule is Cc1cc(C(=O)N2CCC(CCl)CC2)on1. The zero-order valence-corrected chi connectivity index (χ0v) is 10.0. The summed E-state index contributed by atoms with van der Waals surface area (Å²) in [4.78, 5) is 13.8. The predicted octanol–water partition coefficient (Wildman–Crippen LogP) is 2.07. The second-order valence-electron chi connectivity index (χ2n) is 4.22. The second-order valence-corrected chi connectivity index (χ2v) is 4.53. The lowest BCUT2D eigenvalue weighted by atomic mass is 9.99. The van der Waals surface area contributed by atoms with Gasteiger partial charge in [-0.15, -0.1) is 11.6 Å². The molecule has 1 aromatic heterocycles. The zero-order valence-electron chi connectivity index (χ0n) is 9.28. The highest BCUT2D eigenvalue weighted by Crippen LogP contribution is 2.20. The summed E-state index contributed by atoms with van der Waals surface area (Å²) in [5.41, 5.74) is 0.735. The van der Waals surface area contributed by atoms with Crippen molar-refractivity contribution in [3.8, 4) is 0 Å². The summed E-state index contributed by atoms with van der Waals surface area (Å²) in [5, 5.41) is 3.72. The minimum absolute atomic E-state index is 0.0615. The summed E-state index contributed by atoms with van der Waals surface area (Å²) in [7, 11) is 0. The molecule has 88 valence electrons. The third kappa shape index (κ3) is 2.38. The van der Waals surface area contributed by atoms with E-state index in [9.17, 15) is 4.79 Å². The second kappa shape index (κ2) is 4.87. The Morgan fingerprint density at radius 3 is 2.81 bits per heavy atom. The highest BCUT2D eigenvalue weighted by atomic mass is 35.5. The monoisotopic (exact) mass is 242 g/mol. The first-order valence-electron chi connectivity index (χ1n) is 5.49. The maximum absolute atomic E-state index is 12.0. The standard InChI is InChI=1S/C11H15ClN2O2/c1-8-6-10(16-13-8)11(15)14-4-2-9(7-12)3-5-14/h6,9H,2-5,7H2,1H3. The van der Waals surface area contributed by atoms with Gasteiger partial charge in [0.25, 0.3) is 5.91 Å². The smallest absolute Gasteiger partial charge is 0.292 e. The minimum Gasteiger partial charge on any atom is -0.351 e. The summed E-state index contributed by atoms with van der Waals surface area (Å²) in [6.45, 7) is 3.33. The molecule has 0 aromatic carbocycles. The van der Waals surface area contributed by atoms with E-state index in [4.69, 9.17) is 16.1 Å². The van der Waals surface area contributed by atoms with Crippen molar-refractivity contribution in [3.63, 3.8) is 0 Å². The quantitative estimate of drug-likeness (QED) is 0.746. The third-order valence-electron chi connectivity index (χ3n) is 2.96. The number of likely N-dealkylation sites (tertiary alicyclic amines) is 1. The average Bonchev–Trinajstić information content (AvgIpc) is 2.75. The van der Waals surface area contributed by atoms with Crippen molar-refractivity contribution in [2.24, 2.45) is 5.92 Å². The lowest BCUT2D eigenvalue weighted by Gasteiger charge is -2.30. The molecule has 5 heteroatoms. The summed E-state index contributed by atoms with van der Waals surface area (Å²) in [5.74, 6) is 1.50. The lowest BCUT2D eigenvalue weighted by Crippen LogP contribution is -2.38.